The predicted molar refractivity (Wildman–Crippen MR) is 84.5 cm³/mol. The minimum atomic E-state index is 0.683. The van der Waals surface area contributed by atoms with Gasteiger partial charge in [0.15, 0.2) is 11.4 Å². The molecule has 1 aliphatic heterocycles. The van der Waals surface area contributed by atoms with Crippen LogP contribution in [0.2, 0.25) is 0 Å². The molecular formula is C17H19N3O. The van der Waals surface area contributed by atoms with Crippen molar-refractivity contribution in [2.75, 3.05) is 18.0 Å². The normalized spacial score (nSPS) is 23.0. The van der Waals surface area contributed by atoms with Crippen LogP contribution in [0.5, 0.6) is 0 Å². The van der Waals surface area contributed by atoms with Gasteiger partial charge in [-0.1, -0.05) is 26.0 Å². The lowest BCUT2D eigenvalue weighted by Gasteiger charge is -2.35. The predicted octanol–water partition coefficient (Wildman–Crippen LogP) is 3.86. The van der Waals surface area contributed by atoms with E-state index >= 15 is 0 Å². The number of para-hydroxylation sites is 1. The first-order valence-corrected chi connectivity index (χ1v) is 7.59. The third-order valence-electron chi connectivity index (χ3n) is 4.31. The molecule has 4 rings (SSSR count). The van der Waals surface area contributed by atoms with Crippen LogP contribution in [0, 0.1) is 11.8 Å². The van der Waals surface area contributed by atoms with Crippen LogP contribution in [-0.2, 0) is 0 Å². The molecular weight excluding hydrogens is 262 g/mol. The minimum absolute atomic E-state index is 0.683. The number of anilines is 1. The fourth-order valence-corrected chi connectivity index (χ4v) is 3.57. The Kier molecular flexibility index (Phi) is 2.84. The van der Waals surface area contributed by atoms with Crippen molar-refractivity contribution >= 4 is 27.9 Å². The molecule has 0 aliphatic carbocycles. The molecule has 0 N–H and O–H groups in total. The number of rotatable bonds is 1. The fraction of sp³-hybridized carbons (Fsp3) is 0.412. The number of hydrogen-bond donors (Lipinski definition) is 0. The van der Waals surface area contributed by atoms with Crippen molar-refractivity contribution in [3.05, 3.63) is 30.6 Å². The first-order valence-electron chi connectivity index (χ1n) is 7.59. The van der Waals surface area contributed by atoms with Crippen molar-refractivity contribution in [3.8, 4) is 0 Å². The summed E-state index contributed by atoms with van der Waals surface area (Å²) in [5.74, 6) is 2.31. The van der Waals surface area contributed by atoms with Gasteiger partial charge in [0, 0.05) is 18.5 Å². The molecule has 2 atom stereocenters. The smallest absolute Gasteiger partial charge is 0.196 e. The van der Waals surface area contributed by atoms with E-state index in [0.717, 1.165) is 41.0 Å². The monoisotopic (exact) mass is 281 g/mol. The number of nitrogens with zero attached hydrogens (tertiary/aromatic N) is 3. The van der Waals surface area contributed by atoms with Crippen molar-refractivity contribution in [2.24, 2.45) is 11.8 Å². The topological polar surface area (TPSA) is 42.2 Å². The third-order valence-corrected chi connectivity index (χ3v) is 4.31. The van der Waals surface area contributed by atoms with Gasteiger partial charge < -0.3 is 9.32 Å². The second kappa shape index (κ2) is 4.72. The quantitative estimate of drug-likeness (QED) is 0.679. The maximum atomic E-state index is 6.04. The number of furan rings is 1. The lowest BCUT2D eigenvalue weighted by atomic mass is 9.92. The van der Waals surface area contributed by atoms with Crippen LogP contribution in [-0.4, -0.2) is 23.1 Å². The van der Waals surface area contributed by atoms with E-state index in [4.69, 9.17) is 4.42 Å². The highest BCUT2D eigenvalue weighted by Crippen LogP contribution is 2.34. The van der Waals surface area contributed by atoms with Crippen molar-refractivity contribution in [3.63, 3.8) is 0 Å². The molecule has 3 heterocycles. The van der Waals surface area contributed by atoms with Crippen LogP contribution in [0.25, 0.3) is 22.1 Å². The average Bonchev–Trinajstić information content (AvgIpc) is 2.84. The summed E-state index contributed by atoms with van der Waals surface area (Å²) < 4.78 is 6.04. The third kappa shape index (κ3) is 2.06. The fourth-order valence-electron chi connectivity index (χ4n) is 3.57. The number of piperidine rings is 1. The molecule has 21 heavy (non-hydrogen) atoms. The van der Waals surface area contributed by atoms with Crippen LogP contribution in [0.15, 0.2) is 35.0 Å². The largest absolute Gasteiger partial charge is 0.450 e. The molecule has 1 saturated heterocycles. The van der Waals surface area contributed by atoms with Gasteiger partial charge in [-0.2, -0.15) is 0 Å². The van der Waals surface area contributed by atoms with Crippen LogP contribution >= 0.6 is 0 Å². The van der Waals surface area contributed by atoms with Crippen molar-refractivity contribution in [1.29, 1.82) is 0 Å². The minimum Gasteiger partial charge on any atom is -0.450 e. The molecule has 108 valence electrons. The Bertz CT molecular complexity index is 785. The molecule has 0 radical (unpaired) electrons. The highest BCUT2D eigenvalue weighted by Gasteiger charge is 2.25. The Morgan fingerprint density at radius 3 is 2.67 bits per heavy atom. The van der Waals surface area contributed by atoms with Gasteiger partial charge >= 0.3 is 0 Å². The molecule has 1 aromatic carbocycles. The van der Waals surface area contributed by atoms with Crippen molar-refractivity contribution in [2.45, 2.75) is 20.3 Å². The van der Waals surface area contributed by atoms with Gasteiger partial charge in [-0.05, 0) is 30.4 Å². The number of fused-ring (bicyclic) bond motifs is 3. The first kappa shape index (κ1) is 12.6. The Labute approximate surface area is 123 Å². The summed E-state index contributed by atoms with van der Waals surface area (Å²) in [5, 5.41) is 1.06. The lowest BCUT2D eigenvalue weighted by Crippen LogP contribution is -2.39. The molecule has 0 amide bonds. The Balaban J connectivity index is 1.88. The second-order valence-corrected chi connectivity index (χ2v) is 6.32. The van der Waals surface area contributed by atoms with E-state index in [1.54, 1.807) is 6.33 Å². The van der Waals surface area contributed by atoms with Gasteiger partial charge in [0.25, 0.3) is 0 Å². The highest BCUT2D eigenvalue weighted by molar-refractivity contribution is 6.05. The molecule has 3 aromatic rings. The van der Waals surface area contributed by atoms with Gasteiger partial charge in [-0.15, -0.1) is 0 Å². The number of hydrogen-bond acceptors (Lipinski definition) is 4. The highest BCUT2D eigenvalue weighted by atomic mass is 16.3. The zero-order valence-electron chi connectivity index (χ0n) is 12.4. The van der Waals surface area contributed by atoms with Gasteiger partial charge in [0.05, 0.1) is 0 Å². The van der Waals surface area contributed by atoms with Crippen molar-refractivity contribution in [1.82, 2.24) is 9.97 Å². The summed E-state index contributed by atoms with van der Waals surface area (Å²) in [4.78, 5) is 11.3. The van der Waals surface area contributed by atoms with E-state index in [0.29, 0.717) is 11.8 Å². The SMILES string of the molecule is CC1CC(C)CN(c2ncnc3c2oc2ccccc23)C1. The molecule has 0 spiro atoms. The van der Waals surface area contributed by atoms with Crippen LogP contribution in [0.3, 0.4) is 0 Å². The summed E-state index contributed by atoms with van der Waals surface area (Å²) in [5.41, 5.74) is 2.62. The molecule has 0 bridgehead atoms. The molecule has 1 aliphatic rings. The maximum absolute atomic E-state index is 6.04. The summed E-state index contributed by atoms with van der Waals surface area (Å²) in [6.07, 6.45) is 2.94. The number of benzene rings is 1. The van der Waals surface area contributed by atoms with E-state index < -0.39 is 0 Å². The first-order chi connectivity index (χ1) is 10.2. The van der Waals surface area contributed by atoms with E-state index in [9.17, 15) is 0 Å². The van der Waals surface area contributed by atoms with Gasteiger partial charge in [-0.25, -0.2) is 9.97 Å². The zero-order chi connectivity index (χ0) is 14.4. The molecule has 4 nitrogen and oxygen atoms in total. The second-order valence-electron chi connectivity index (χ2n) is 6.32. The average molecular weight is 281 g/mol. The summed E-state index contributed by atoms with van der Waals surface area (Å²) in [7, 11) is 0. The van der Waals surface area contributed by atoms with Crippen LogP contribution < -0.4 is 4.90 Å². The van der Waals surface area contributed by atoms with Crippen molar-refractivity contribution < 1.29 is 4.42 Å². The molecule has 1 fully saturated rings. The van der Waals surface area contributed by atoms with E-state index in [2.05, 4.69) is 34.8 Å². The lowest BCUT2D eigenvalue weighted by molar-refractivity contribution is 0.355. The summed E-state index contributed by atoms with van der Waals surface area (Å²) in [6.45, 7) is 6.68. The summed E-state index contributed by atoms with van der Waals surface area (Å²) >= 11 is 0. The molecule has 4 heteroatoms. The van der Waals surface area contributed by atoms with E-state index in [-0.39, 0.29) is 0 Å². The standard InChI is InChI=1S/C17H19N3O/c1-11-7-12(2)9-20(8-11)17-16-15(18-10-19-17)13-5-3-4-6-14(13)21-16/h3-6,10-12H,7-9H2,1-2H3. The molecule has 2 aromatic heterocycles. The zero-order valence-corrected chi connectivity index (χ0v) is 12.4. The van der Waals surface area contributed by atoms with Crippen LogP contribution in [0.1, 0.15) is 20.3 Å². The van der Waals surface area contributed by atoms with Crippen LogP contribution in [0.4, 0.5) is 5.82 Å². The number of aromatic nitrogens is 2. The molecule has 0 saturated carbocycles. The molecule has 2 unspecified atom stereocenters. The van der Waals surface area contributed by atoms with E-state index in [1.807, 2.05) is 18.2 Å². The Morgan fingerprint density at radius 2 is 1.86 bits per heavy atom. The summed E-state index contributed by atoms with van der Waals surface area (Å²) in [6, 6.07) is 8.05. The Hall–Kier alpha value is -2.10. The van der Waals surface area contributed by atoms with Gasteiger partial charge in [-0.3, -0.25) is 0 Å². The van der Waals surface area contributed by atoms with Gasteiger partial charge in [0.1, 0.15) is 17.4 Å². The maximum Gasteiger partial charge on any atom is 0.196 e. The van der Waals surface area contributed by atoms with Gasteiger partial charge in [0.2, 0.25) is 0 Å². The Morgan fingerprint density at radius 1 is 1.10 bits per heavy atom. The van der Waals surface area contributed by atoms with E-state index in [1.165, 1.54) is 6.42 Å².